The van der Waals surface area contributed by atoms with Crippen LogP contribution in [0.5, 0.6) is 0 Å². The third-order valence-corrected chi connectivity index (χ3v) is 3.79. The van der Waals surface area contributed by atoms with Gasteiger partial charge in [-0.1, -0.05) is 6.07 Å². The number of carbonyl (C=O) groups is 2. The van der Waals surface area contributed by atoms with E-state index in [4.69, 9.17) is 4.74 Å². The highest BCUT2D eigenvalue weighted by molar-refractivity contribution is 6.39. The maximum atomic E-state index is 11.8. The summed E-state index contributed by atoms with van der Waals surface area (Å²) in [6.45, 7) is 8.33. The largest absolute Gasteiger partial charge is 0.379 e. The topological polar surface area (TPSA) is 70.7 Å². The molecular weight excluding hydrogens is 282 g/mol. The predicted octanol–water partition coefficient (Wildman–Crippen LogP) is 0.690. The minimum absolute atomic E-state index is 0.458. The molecule has 2 N–H and O–H groups in total. The fourth-order valence-electron chi connectivity index (χ4n) is 2.24. The van der Waals surface area contributed by atoms with E-state index in [1.54, 1.807) is 6.07 Å². The van der Waals surface area contributed by atoms with E-state index in [0.717, 1.165) is 44.0 Å². The zero-order chi connectivity index (χ0) is 15.9. The standard InChI is InChI=1S/C16H23N3O3/c1-12-3-4-14(11-13(12)2)18-16(21)15(20)17-5-6-19-7-9-22-10-8-19/h3-4,11H,5-10H2,1-2H3,(H,17,20)(H,18,21). The SMILES string of the molecule is Cc1ccc(NC(=O)C(=O)NCCN2CCOCC2)cc1C. The van der Waals surface area contributed by atoms with Gasteiger partial charge in [-0.3, -0.25) is 14.5 Å². The molecule has 0 unspecified atom stereocenters. The lowest BCUT2D eigenvalue weighted by Crippen LogP contribution is -2.43. The van der Waals surface area contributed by atoms with Crippen LogP contribution in [0.4, 0.5) is 5.69 Å². The van der Waals surface area contributed by atoms with Gasteiger partial charge in [-0.15, -0.1) is 0 Å². The first kappa shape index (κ1) is 16.5. The first-order valence-electron chi connectivity index (χ1n) is 7.53. The average Bonchev–Trinajstić information content (AvgIpc) is 2.52. The second-order valence-electron chi connectivity index (χ2n) is 5.46. The second kappa shape index (κ2) is 7.91. The van der Waals surface area contributed by atoms with Crippen molar-refractivity contribution >= 4 is 17.5 Å². The number of nitrogens with one attached hydrogen (secondary N) is 2. The maximum Gasteiger partial charge on any atom is 0.313 e. The Hall–Kier alpha value is -1.92. The Morgan fingerprint density at radius 3 is 2.55 bits per heavy atom. The van der Waals surface area contributed by atoms with Crippen molar-refractivity contribution in [2.75, 3.05) is 44.7 Å². The van der Waals surface area contributed by atoms with E-state index in [-0.39, 0.29) is 0 Å². The van der Waals surface area contributed by atoms with Crippen LogP contribution in [-0.2, 0) is 14.3 Å². The molecule has 0 saturated carbocycles. The van der Waals surface area contributed by atoms with Gasteiger partial charge in [-0.05, 0) is 37.1 Å². The monoisotopic (exact) mass is 305 g/mol. The van der Waals surface area contributed by atoms with E-state index in [9.17, 15) is 9.59 Å². The highest BCUT2D eigenvalue weighted by atomic mass is 16.5. The number of anilines is 1. The zero-order valence-corrected chi connectivity index (χ0v) is 13.1. The predicted molar refractivity (Wildman–Crippen MR) is 84.8 cm³/mol. The Morgan fingerprint density at radius 2 is 1.86 bits per heavy atom. The summed E-state index contributed by atoms with van der Waals surface area (Å²) in [4.78, 5) is 25.8. The summed E-state index contributed by atoms with van der Waals surface area (Å²) in [7, 11) is 0. The third-order valence-electron chi connectivity index (χ3n) is 3.79. The molecule has 1 aromatic carbocycles. The number of nitrogens with zero attached hydrogens (tertiary/aromatic N) is 1. The van der Waals surface area contributed by atoms with Crippen LogP contribution < -0.4 is 10.6 Å². The molecule has 2 rings (SSSR count). The highest BCUT2D eigenvalue weighted by Gasteiger charge is 2.15. The normalized spacial score (nSPS) is 15.4. The number of hydrogen-bond acceptors (Lipinski definition) is 4. The molecule has 6 heteroatoms. The van der Waals surface area contributed by atoms with E-state index < -0.39 is 11.8 Å². The van der Waals surface area contributed by atoms with Crippen molar-refractivity contribution in [1.29, 1.82) is 0 Å². The van der Waals surface area contributed by atoms with Crippen molar-refractivity contribution in [1.82, 2.24) is 10.2 Å². The van der Waals surface area contributed by atoms with E-state index >= 15 is 0 Å². The Bertz CT molecular complexity index is 539. The summed E-state index contributed by atoms with van der Waals surface area (Å²) >= 11 is 0. The highest BCUT2D eigenvalue weighted by Crippen LogP contribution is 2.13. The molecule has 1 heterocycles. The van der Waals surface area contributed by atoms with Crippen LogP contribution in [0.25, 0.3) is 0 Å². The number of aryl methyl sites for hydroxylation is 2. The molecule has 1 saturated heterocycles. The van der Waals surface area contributed by atoms with Crippen LogP contribution in [0, 0.1) is 13.8 Å². The molecular formula is C16H23N3O3. The number of benzene rings is 1. The lowest BCUT2D eigenvalue weighted by Gasteiger charge is -2.26. The van der Waals surface area contributed by atoms with Crippen LogP contribution in [0.15, 0.2) is 18.2 Å². The second-order valence-corrected chi connectivity index (χ2v) is 5.46. The molecule has 0 aromatic heterocycles. The van der Waals surface area contributed by atoms with E-state index in [2.05, 4.69) is 15.5 Å². The molecule has 6 nitrogen and oxygen atoms in total. The lowest BCUT2D eigenvalue weighted by atomic mass is 10.1. The molecule has 2 amide bonds. The van der Waals surface area contributed by atoms with Gasteiger partial charge in [0.05, 0.1) is 13.2 Å². The van der Waals surface area contributed by atoms with Crippen molar-refractivity contribution in [2.45, 2.75) is 13.8 Å². The number of amides is 2. The fourth-order valence-corrected chi connectivity index (χ4v) is 2.24. The molecule has 120 valence electrons. The van der Waals surface area contributed by atoms with Gasteiger partial charge in [-0.2, -0.15) is 0 Å². The van der Waals surface area contributed by atoms with Crippen molar-refractivity contribution in [2.24, 2.45) is 0 Å². The number of ether oxygens (including phenoxy) is 1. The van der Waals surface area contributed by atoms with Gasteiger partial charge in [-0.25, -0.2) is 0 Å². The van der Waals surface area contributed by atoms with Crippen molar-refractivity contribution < 1.29 is 14.3 Å². The molecule has 0 radical (unpaired) electrons. The summed E-state index contributed by atoms with van der Waals surface area (Å²) in [5.41, 5.74) is 2.86. The number of hydrogen-bond donors (Lipinski definition) is 2. The number of rotatable bonds is 4. The summed E-state index contributed by atoms with van der Waals surface area (Å²) < 4.78 is 5.26. The molecule has 1 fully saturated rings. The van der Waals surface area contributed by atoms with Crippen LogP contribution in [-0.4, -0.2) is 56.1 Å². The Morgan fingerprint density at radius 1 is 1.14 bits per heavy atom. The molecule has 1 aliphatic heterocycles. The van der Waals surface area contributed by atoms with Crippen LogP contribution >= 0.6 is 0 Å². The average molecular weight is 305 g/mol. The van der Waals surface area contributed by atoms with Gasteiger partial charge in [0.1, 0.15) is 0 Å². The van der Waals surface area contributed by atoms with E-state index in [0.29, 0.717) is 12.2 Å². The van der Waals surface area contributed by atoms with Crippen molar-refractivity contribution in [3.05, 3.63) is 29.3 Å². The van der Waals surface area contributed by atoms with E-state index in [1.807, 2.05) is 26.0 Å². The first-order chi connectivity index (χ1) is 10.6. The Labute approximate surface area is 130 Å². The van der Waals surface area contributed by atoms with Gasteiger partial charge >= 0.3 is 11.8 Å². The minimum atomic E-state index is -0.634. The van der Waals surface area contributed by atoms with Gasteiger partial charge in [0.2, 0.25) is 0 Å². The molecule has 22 heavy (non-hydrogen) atoms. The number of morpholine rings is 1. The smallest absolute Gasteiger partial charge is 0.313 e. The molecule has 0 atom stereocenters. The summed E-state index contributed by atoms with van der Waals surface area (Å²) in [5.74, 6) is -1.24. The van der Waals surface area contributed by atoms with Crippen LogP contribution in [0.1, 0.15) is 11.1 Å². The van der Waals surface area contributed by atoms with Gasteiger partial charge in [0.15, 0.2) is 0 Å². The van der Waals surface area contributed by atoms with Crippen molar-refractivity contribution in [3.8, 4) is 0 Å². The first-order valence-corrected chi connectivity index (χ1v) is 7.53. The fraction of sp³-hybridized carbons (Fsp3) is 0.500. The summed E-state index contributed by atoms with van der Waals surface area (Å²) in [5, 5.41) is 5.26. The van der Waals surface area contributed by atoms with Gasteiger partial charge < -0.3 is 15.4 Å². The molecule has 0 spiro atoms. The molecule has 1 aromatic rings. The van der Waals surface area contributed by atoms with Crippen LogP contribution in [0.2, 0.25) is 0 Å². The molecule has 1 aliphatic rings. The quantitative estimate of drug-likeness (QED) is 0.803. The Balaban J connectivity index is 1.74. The van der Waals surface area contributed by atoms with Gasteiger partial charge in [0.25, 0.3) is 0 Å². The summed E-state index contributed by atoms with van der Waals surface area (Å²) in [6, 6.07) is 5.57. The third kappa shape index (κ3) is 4.82. The zero-order valence-electron chi connectivity index (χ0n) is 13.1. The van der Waals surface area contributed by atoms with Gasteiger partial charge in [0, 0.05) is 31.9 Å². The maximum absolute atomic E-state index is 11.8. The van der Waals surface area contributed by atoms with Crippen molar-refractivity contribution in [3.63, 3.8) is 0 Å². The summed E-state index contributed by atoms with van der Waals surface area (Å²) in [6.07, 6.45) is 0. The van der Waals surface area contributed by atoms with Crippen LogP contribution in [0.3, 0.4) is 0 Å². The number of carbonyl (C=O) groups excluding carboxylic acids is 2. The minimum Gasteiger partial charge on any atom is -0.379 e. The molecule has 0 bridgehead atoms. The van der Waals surface area contributed by atoms with E-state index in [1.165, 1.54) is 0 Å². The lowest BCUT2D eigenvalue weighted by molar-refractivity contribution is -0.136. The Kier molecular flexibility index (Phi) is 5.91. The molecule has 0 aliphatic carbocycles.